The first kappa shape index (κ1) is 16.4. The summed E-state index contributed by atoms with van der Waals surface area (Å²) < 4.78 is 19.4. The van der Waals surface area contributed by atoms with Gasteiger partial charge in [-0.05, 0) is 0 Å². The van der Waals surface area contributed by atoms with Crippen molar-refractivity contribution in [3.8, 4) is 0 Å². The normalized spacial score (nSPS) is 11.5. The maximum atomic E-state index is 10.8. The molecule has 0 saturated carbocycles. The molecule has 0 amide bonds. The van der Waals surface area contributed by atoms with Crippen molar-refractivity contribution in [2.45, 2.75) is 26.9 Å². The minimum Gasteiger partial charge on any atom is -0.463 e. The van der Waals surface area contributed by atoms with E-state index < -0.39 is 24.0 Å². The van der Waals surface area contributed by atoms with Crippen LogP contribution in [0.3, 0.4) is 0 Å². The zero-order valence-electron chi connectivity index (χ0n) is 10.8. The van der Waals surface area contributed by atoms with Gasteiger partial charge in [0.1, 0.15) is 13.2 Å². The summed E-state index contributed by atoms with van der Waals surface area (Å²) in [6, 6.07) is 0. The molecule has 0 spiro atoms. The number of carbonyl (C=O) groups is 3. The second-order valence-corrected chi connectivity index (χ2v) is 3.45. The summed E-state index contributed by atoms with van der Waals surface area (Å²) in [6.45, 7) is 4.10. The molecule has 0 aromatic carbocycles. The fraction of sp³-hybridized carbons (Fsp3) is 0.727. The topological polar surface area (TPSA) is 88.1 Å². The molecular formula is C11H18O7. The van der Waals surface area contributed by atoms with Crippen LogP contribution in [0.5, 0.6) is 0 Å². The van der Waals surface area contributed by atoms with E-state index in [1.807, 2.05) is 0 Å². The third-order valence-corrected chi connectivity index (χ3v) is 1.64. The summed E-state index contributed by atoms with van der Waals surface area (Å²) >= 11 is 0. The molecule has 7 nitrogen and oxygen atoms in total. The quantitative estimate of drug-likeness (QED) is 0.347. The molecule has 0 rings (SSSR count). The van der Waals surface area contributed by atoms with Crippen molar-refractivity contribution >= 4 is 17.9 Å². The monoisotopic (exact) mass is 262 g/mol. The third-order valence-electron chi connectivity index (χ3n) is 1.64. The molecule has 0 bridgehead atoms. The first-order valence-corrected chi connectivity index (χ1v) is 5.43. The largest absolute Gasteiger partial charge is 0.463 e. The first-order valence-electron chi connectivity index (χ1n) is 5.43. The minimum absolute atomic E-state index is 0.0636. The van der Waals surface area contributed by atoms with E-state index in [4.69, 9.17) is 14.2 Å². The average molecular weight is 262 g/mol. The average Bonchev–Trinajstić information content (AvgIpc) is 2.23. The molecule has 18 heavy (non-hydrogen) atoms. The van der Waals surface area contributed by atoms with E-state index >= 15 is 0 Å². The predicted octanol–water partition coefficient (Wildman–Crippen LogP) is 0.0609. The summed E-state index contributed by atoms with van der Waals surface area (Å²) in [5, 5.41) is 0. The lowest BCUT2D eigenvalue weighted by Crippen LogP contribution is -2.29. The third kappa shape index (κ3) is 10.9. The molecule has 0 aromatic heterocycles. The van der Waals surface area contributed by atoms with Crippen molar-refractivity contribution in [3.63, 3.8) is 0 Å². The predicted molar refractivity (Wildman–Crippen MR) is 59.6 cm³/mol. The highest BCUT2D eigenvalue weighted by atomic mass is 16.6. The number of carbonyl (C=O) groups excluding carboxylic acids is 3. The number of rotatable bonds is 8. The molecule has 0 aromatic rings. The highest BCUT2D eigenvalue weighted by Crippen LogP contribution is 1.97. The van der Waals surface area contributed by atoms with Crippen molar-refractivity contribution in [1.29, 1.82) is 0 Å². The Morgan fingerprint density at radius 2 is 1.44 bits per heavy atom. The van der Waals surface area contributed by atoms with Crippen LogP contribution in [-0.2, 0) is 33.3 Å². The van der Waals surface area contributed by atoms with E-state index in [0.717, 1.165) is 0 Å². The number of esters is 3. The molecular weight excluding hydrogens is 244 g/mol. The molecule has 1 atom stereocenters. The standard InChI is InChI=1S/C11H18O7/c1-8(12)16-5-4-15-6-11(18-10(3)14)7-17-9(2)13/h11H,4-7H2,1-3H3/t11-/m1/s1. The Bertz CT molecular complexity index is 287. The fourth-order valence-corrected chi connectivity index (χ4v) is 1.02. The molecule has 0 N–H and O–H groups in total. The first-order chi connectivity index (χ1) is 8.41. The van der Waals surface area contributed by atoms with Crippen molar-refractivity contribution in [2.24, 2.45) is 0 Å². The van der Waals surface area contributed by atoms with Gasteiger partial charge in [-0.25, -0.2) is 0 Å². The molecule has 7 heteroatoms. The highest BCUT2D eigenvalue weighted by molar-refractivity contribution is 5.67. The van der Waals surface area contributed by atoms with E-state index in [-0.39, 0.29) is 26.4 Å². The maximum absolute atomic E-state index is 10.8. The molecule has 0 unspecified atom stereocenters. The van der Waals surface area contributed by atoms with Crippen molar-refractivity contribution < 1.29 is 33.3 Å². The van der Waals surface area contributed by atoms with Gasteiger partial charge in [0.05, 0.1) is 13.2 Å². The highest BCUT2D eigenvalue weighted by Gasteiger charge is 2.14. The van der Waals surface area contributed by atoms with E-state index in [1.54, 1.807) is 0 Å². The summed E-state index contributed by atoms with van der Waals surface area (Å²) in [6.07, 6.45) is -0.663. The Balaban J connectivity index is 3.81. The Hall–Kier alpha value is -1.63. The van der Waals surface area contributed by atoms with Crippen LogP contribution in [-0.4, -0.2) is 50.4 Å². The van der Waals surface area contributed by atoms with Crippen LogP contribution in [0.15, 0.2) is 0 Å². The van der Waals surface area contributed by atoms with Crippen LogP contribution in [0.25, 0.3) is 0 Å². The van der Waals surface area contributed by atoms with E-state index in [2.05, 4.69) is 4.74 Å². The molecule has 0 aliphatic carbocycles. The summed E-state index contributed by atoms with van der Waals surface area (Å²) in [7, 11) is 0. The number of ether oxygens (including phenoxy) is 4. The molecule has 104 valence electrons. The van der Waals surface area contributed by atoms with Gasteiger partial charge in [0.25, 0.3) is 0 Å². The second kappa shape index (κ2) is 9.41. The lowest BCUT2D eigenvalue weighted by atomic mass is 10.4. The van der Waals surface area contributed by atoms with Crippen molar-refractivity contribution in [3.05, 3.63) is 0 Å². The van der Waals surface area contributed by atoms with Gasteiger partial charge in [0.2, 0.25) is 0 Å². The smallest absolute Gasteiger partial charge is 0.303 e. The van der Waals surface area contributed by atoms with Gasteiger partial charge in [0, 0.05) is 20.8 Å². The van der Waals surface area contributed by atoms with Gasteiger partial charge < -0.3 is 18.9 Å². The number of hydrogen-bond donors (Lipinski definition) is 0. The maximum Gasteiger partial charge on any atom is 0.303 e. The van der Waals surface area contributed by atoms with Gasteiger partial charge in [-0.2, -0.15) is 0 Å². The van der Waals surface area contributed by atoms with Crippen LogP contribution < -0.4 is 0 Å². The molecule has 0 heterocycles. The van der Waals surface area contributed by atoms with Crippen LogP contribution in [0.1, 0.15) is 20.8 Å². The Morgan fingerprint density at radius 3 is 1.94 bits per heavy atom. The van der Waals surface area contributed by atoms with Crippen LogP contribution in [0.4, 0.5) is 0 Å². The van der Waals surface area contributed by atoms with Crippen molar-refractivity contribution in [1.82, 2.24) is 0 Å². The molecule has 0 fully saturated rings. The zero-order chi connectivity index (χ0) is 14.0. The molecule has 0 aliphatic rings. The van der Waals surface area contributed by atoms with Gasteiger partial charge >= 0.3 is 17.9 Å². The Labute approximate surface area is 105 Å². The van der Waals surface area contributed by atoms with Gasteiger partial charge in [-0.3, -0.25) is 14.4 Å². The van der Waals surface area contributed by atoms with Crippen molar-refractivity contribution in [2.75, 3.05) is 26.4 Å². The summed E-state index contributed by atoms with van der Waals surface area (Å²) in [5.74, 6) is -1.35. The van der Waals surface area contributed by atoms with Gasteiger partial charge in [0.15, 0.2) is 6.10 Å². The Morgan fingerprint density at radius 1 is 0.833 bits per heavy atom. The summed E-state index contributed by atoms with van der Waals surface area (Å²) in [4.78, 5) is 31.9. The lowest BCUT2D eigenvalue weighted by Gasteiger charge is -2.16. The SMILES string of the molecule is CC(=O)OCCOC[C@H](COC(C)=O)OC(C)=O. The molecule has 0 aliphatic heterocycles. The van der Waals surface area contributed by atoms with E-state index in [1.165, 1.54) is 20.8 Å². The number of hydrogen-bond acceptors (Lipinski definition) is 7. The van der Waals surface area contributed by atoms with Crippen LogP contribution in [0.2, 0.25) is 0 Å². The van der Waals surface area contributed by atoms with E-state index in [9.17, 15) is 14.4 Å². The molecule has 0 radical (unpaired) electrons. The van der Waals surface area contributed by atoms with Crippen LogP contribution in [0, 0.1) is 0 Å². The van der Waals surface area contributed by atoms with E-state index in [0.29, 0.717) is 0 Å². The van der Waals surface area contributed by atoms with Gasteiger partial charge in [-0.1, -0.05) is 0 Å². The molecule has 0 saturated heterocycles. The zero-order valence-corrected chi connectivity index (χ0v) is 10.8. The minimum atomic E-state index is -0.663. The fourth-order valence-electron chi connectivity index (χ4n) is 1.02. The Kier molecular flexibility index (Phi) is 8.55. The second-order valence-electron chi connectivity index (χ2n) is 3.45. The van der Waals surface area contributed by atoms with Gasteiger partial charge in [-0.15, -0.1) is 0 Å². The summed E-state index contributed by atoms with van der Waals surface area (Å²) in [5.41, 5.74) is 0. The van der Waals surface area contributed by atoms with Crippen LogP contribution >= 0.6 is 0 Å². The lowest BCUT2D eigenvalue weighted by molar-refractivity contribution is -0.160.